The fourth-order valence-corrected chi connectivity index (χ4v) is 3.37. The average Bonchev–Trinajstić information content (AvgIpc) is 2.63. The van der Waals surface area contributed by atoms with Crippen molar-refractivity contribution in [2.75, 3.05) is 10.2 Å². The molecule has 1 aliphatic rings. The number of pyridine rings is 1. The lowest BCUT2D eigenvalue weighted by Gasteiger charge is -2.36. The molecule has 0 saturated heterocycles. The van der Waals surface area contributed by atoms with Gasteiger partial charge in [0.25, 0.3) is 0 Å². The molecule has 2 heterocycles. The number of nitrogens with zero attached hydrogens (tertiary/aromatic N) is 2. The number of para-hydroxylation sites is 2. The van der Waals surface area contributed by atoms with E-state index >= 15 is 0 Å². The number of aromatic nitrogens is 1. The number of halogens is 1. The van der Waals surface area contributed by atoms with Crippen LogP contribution in [0, 0.1) is 6.92 Å². The van der Waals surface area contributed by atoms with Crippen LogP contribution in [-0.2, 0) is 0 Å². The molecule has 0 bridgehead atoms. The van der Waals surface area contributed by atoms with Crippen molar-refractivity contribution in [3.8, 4) is 0 Å². The van der Waals surface area contributed by atoms with E-state index in [9.17, 15) is 0 Å². The molecule has 0 radical (unpaired) electrons. The van der Waals surface area contributed by atoms with Crippen LogP contribution < -0.4 is 10.2 Å². The molecule has 1 atom stereocenters. The molecular formula is C21H18ClN3. The Morgan fingerprint density at radius 1 is 1.00 bits per heavy atom. The van der Waals surface area contributed by atoms with Gasteiger partial charge in [-0.1, -0.05) is 48.0 Å². The number of hydrogen-bond donors (Lipinski definition) is 1. The summed E-state index contributed by atoms with van der Waals surface area (Å²) in [5, 5.41) is 4.29. The van der Waals surface area contributed by atoms with Gasteiger partial charge in [0, 0.05) is 22.6 Å². The summed E-state index contributed by atoms with van der Waals surface area (Å²) in [5.74, 6) is 0.868. The summed E-state index contributed by atoms with van der Waals surface area (Å²) >= 11 is 6.47. The lowest BCUT2D eigenvalue weighted by molar-refractivity contribution is 0.850. The van der Waals surface area contributed by atoms with Gasteiger partial charge in [-0.2, -0.15) is 0 Å². The molecule has 0 saturated carbocycles. The standard InChI is InChI=1S/C21H18ClN3/c1-15-14-19(22)18-12-13-20(24-16-8-4-2-5-9-16)25(21(18)23-15)17-10-6-3-7-11-17/h2-14,20,24H,1H3. The van der Waals surface area contributed by atoms with Gasteiger partial charge in [0.2, 0.25) is 0 Å². The highest BCUT2D eigenvalue weighted by molar-refractivity contribution is 6.32. The topological polar surface area (TPSA) is 28.2 Å². The van der Waals surface area contributed by atoms with Crippen molar-refractivity contribution in [1.82, 2.24) is 4.98 Å². The highest BCUT2D eigenvalue weighted by Crippen LogP contribution is 2.37. The molecule has 1 aromatic heterocycles. The summed E-state index contributed by atoms with van der Waals surface area (Å²) < 4.78 is 0. The van der Waals surface area contributed by atoms with E-state index in [2.05, 4.69) is 40.6 Å². The van der Waals surface area contributed by atoms with E-state index in [0.29, 0.717) is 0 Å². The molecule has 4 rings (SSSR count). The molecule has 1 aliphatic heterocycles. The minimum atomic E-state index is -0.0531. The third-order valence-corrected chi connectivity index (χ3v) is 4.50. The molecule has 1 N–H and O–H groups in total. The molecule has 25 heavy (non-hydrogen) atoms. The quantitative estimate of drug-likeness (QED) is 0.663. The molecular weight excluding hydrogens is 330 g/mol. The van der Waals surface area contributed by atoms with Gasteiger partial charge in [-0.25, -0.2) is 4.98 Å². The Kier molecular flexibility index (Phi) is 4.16. The lowest BCUT2D eigenvalue weighted by Crippen LogP contribution is -2.38. The Balaban J connectivity index is 1.82. The predicted molar refractivity (Wildman–Crippen MR) is 105 cm³/mol. The maximum absolute atomic E-state index is 6.47. The van der Waals surface area contributed by atoms with Gasteiger partial charge in [0.15, 0.2) is 0 Å². The number of benzene rings is 2. The van der Waals surface area contributed by atoms with Crippen LogP contribution in [0.2, 0.25) is 5.02 Å². The van der Waals surface area contributed by atoms with Gasteiger partial charge in [-0.15, -0.1) is 0 Å². The third-order valence-electron chi connectivity index (χ3n) is 4.19. The van der Waals surface area contributed by atoms with Crippen molar-refractivity contribution in [2.45, 2.75) is 13.1 Å². The first kappa shape index (κ1) is 15.7. The molecule has 0 spiro atoms. The number of nitrogens with one attached hydrogen (secondary N) is 1. The Morgan fingerprint density at radius 3 is 2.40 bits per heavy atom. The van der Waals surface area contributed by atoms with Crippen molar-refractivity contribution >= 4 is 34.9 Å². The molecule has 124 valence electrons. The van der Waals surface area contributed by atoms with Gasteiger partial charge in [-0.3, -0.25) is 0 Å². The van der Waals surface area contributed by atoms with Gasteiger partial charge in [-0.05, 0) is 49.4 Å². The Labute approximate surface area is 152 Å². The molecule has 4 heteroatoms. The maximum atomic E-state index is 6.47. The van der Waals surface area contributed by atoms with Crippen LogP contribution >= 0.6 is 11.6 Å². The average molecular weight is 348 g/mol. The number of hydrogen-bond acceptors (Lipinski definition) is 3. The van der Waals surface area contributed by atoms with E-state index in [1.165, 1.54) is 0 Å². The van der Waals surface area contributed by atoms with E-state index in [4.69, 9.17) is 16.6 Å². The van der Waals surface area contributed by atoms with Crippen LogP contribution in [0.4, 0.5) is 17.2 Å². The molecule has 0 aliphatic carbocycles. The first-order valence-corrected chi connectivity index (χ1v) is 8.61. The van der Waals surface area contributed by atoms with Gasteiger partial charge in [0.05, 0.1) is 5.02 Å². The first-order valence-electron chi connectivity index (χ1n) is 8.23. The fourth-order valence-electron chi connectivity index (χ4n) is 3.06. The summed E-state index contributed by atoms with van der Waals surface area (Å²) in [6.45, 7) is 1.97. The van der Waals surface area contributed by atoms with Gasteiger partial charge < -0.3 is 10.2 Å². The largest absolute Gasteiger partial charge is 0.362 e. The summed E-state index contributed by atoms with van der Waals surface area (Å²) in [6.07, 6.45) is 4.11. The van der Waals surface area contributed by atoms with Gasteiger partial charge >= 0.3 is 0 Å². The second-order valence-electron chi connectivity index (χ2n) is 6.00. The monoisotopic (exact) mass is 347 g/mol. The normalized spacial score (nSPS) is 15.8. The lowest BCUT2D eigenvalue weighted by atomic mass is 10.1. The van der Waals surface area contributed by atoms with Crippen LogP contribution in [0.25, 0.3) is 6.08 Å². The highest BCUT2D eigenvalue weighted by Gasteiger charge is 2.26. The smallest absolute Gasteiger partial charge is 0.144 e. The summed E-state index contributed by atoms with van der Waals surface area (Å²) in [6, 6.07) is 22.3. The molecule has 3 aromatic rings. The van der Waals surface area contributed by atoms with E-state index in [-0.39, 0.29) is 6.17 Å². The van der Waals surface area contributed by atoms with E-state index < -0.39 is 0 Å². The summed E-state index contributed by atoms with van der Waals surface area (Å²) in [4.78, 5) is 6.96. The van der Waals surface area contributed by atoms with Crippen LogP contribution in [0.3, 0.4) is 0 Å². The minimum absolute atomic E-state index is 0.0531. The highest BCUT2D eigenvalue weighted by atomic mass is 35.5. The predicted octanol–water partition coefficient (Wildman–Crippen LogP) is 5.65. The number of aryl methyl sites for hydroxylation is 1. The van der Waals surface area contributed by atoms with Crippen LogP contribution in [0.1, 0.15) is 11.3 Å². The molecule has 0 fully saturated rings. The molecule has 1 unspecified atom stereocenters. The first-order chi connectivity index (χ1) is 12.2. The maximum Gasteiger partial charge on any atom is 0.144 e. The molecule has 0 amide bonds. The third kappa shape index (κ3) is 3.11. The second-order valence-corrected chi connectivity index (χ2v) is 6.41. The van der Waals surface area contributed by atoms with Crippen molar-refractivity contribution in [3.63, 3.8) is 0 Å². The summed E-state index contributed by atoms with van der Waals surface area (Å²) in [7, 11) is 0. The number of rotatable bonds is 3. The zero-order chi connectivity index (χ0) is 17.2. The number of anilines is 3. The second kappa shape index (κ2) is 6.61. The Hall–Kier alpha value is -2.78. The van der Waals surface area contributed by atoms with Gasteiger partial charge in [0.1, 0.15) is 12.0 Å². The molecule has 3 nitrogen and oxygen atoms in total. The minimum Gasteiger partial charge on any atom is -0.362 e. The van der Waals surface area contributed by atoms with Crippen molar-refractivity contribution in [3.05, 3.63) is 89.1 Å². The van der Waals surface area contributed by atoms with Crippen LogP contribution in [0.5, 0.6) is 0 Å². The zero-order valence-electron chi connectivity index (χ0n) is 13.9. The van der Waals surface area contributed by atoms with Crippen molar-refractivity contribution < 1.29 is 0 Å². The van der Waals surface area contributed by atoms with Crippen LogP contribution in [-0.4, -0.2) is 11.1 Å². The molecule has 2 aromatic carbocycles. The number of fused-ring (bicyclic) bond motifs is 1. The summed E-state index contributed by atoms with van der Waals surface area (Å²) in [5.41, 5.74) is 3.97. The van der Waals surface area contributed by atoms with Crippen molar-refractivity contribution in [1.29, 1.82) is 0 Å². The van der Waals surface area contributed by atoms with E-state index in [1.807, 2.05) is 55.5 Å². The Morgan fingerprint density at radius 2 is 1.68 bits per heavy atom. The van der Waals surface area contributed by atoms with E-state index in [0.717, 1.165) is 33.5 Å². The van der Waals surface area contributed by atoms with Crippen LogP contribution in [0.15, 0.2) is 72.8 Å². The van der Waals surface area contributed by atoms with E-state index in [1.54, 1.807) is 0 Å². The SMILES string of the molecule is Cc1cc(Cl)c2c(n1)N(c1ccccc1)C(Nc1ccccc1)C=C2. The Bertz CT molecular complexity index is 907. The van der Waals surface area contributed by atoms with Crippen molar-refractivity contribution in [2.24, 2.45) is 0 Å². The zero-order valence-corrected chi connectivity index (χ0v) is 14.6. The fraction of sp³-hybridized carbons (Fsp3) is 0.0952.